The fourth-order valence-corrected chi connectivity index (χ4v) is 2.21. The average molecular weight is 247 g/mol. The minimum atomic E-state index is 0.246. The van der Waals surface area contributed by atoms with E-state index in [0.29, 0.717) is 0 Å². The average Bonchev–Trinajstić information content (AvgIpc) is 2.96. The summed E-state index contributed by atoms with van der Waals surface area (Å²) >= 11 is 0. The number of aromatic nitrogens is 4. The van der Waals surface area contributed by atoms with E-state index in [-0.39, 0.29) is 6.04 Å². The Kier molecular flexibility index (Phi) is 4.15. The largest absolute Gasteiger partial charge is 0.336 e. The Balaban J connectivity index is 2.15. The molecule has 2 heterocycles. The molecule has 0 aliphatic rings. The van der Waals surface area contributed by atoms with Gasteiger partial charge in [0.25, 0.3) is 0 Å². The molecule has 18 heavy (non-hydrogen) atoms. The van der Waals surface area contributed by atoms with Gasteiger partial charge in [-0.05, 0) is 13.5 Å². The zero-order valence-electron chi connectivity index (χ0n) is 11.3. The van der Waals surface area contributed by atoms with Crippen molar-refractivity contribution in [2.75, 3.05) is 7.05 Å². The van der Waals surface area contributed by atoms with Gasteiger partial charge in [-0.2, -0.15) is 0 Å². The van der Waals surface area contributed by atoms with Gasteiger partial charge in [-0.15, -0.1) is 0 Å². The van der Waals surface area contributed by atoms with Crippen LogP contribution in [0, 0.1) is 0 Å². The minimum absolute atomic E-state index is 0.246. The maximum Gasteiger partial charge on any atom is 0.110 e. The monoisotopic (exact) mass is 247 g/mol. The second-order valence-corrected chi connectivity index (χ2v) is 4.51. The summed E-state index contributed by atoms with van der Waals surface area (Å²) in [5.41, 5.74) is 1.18. The molecular weight excluding hydrogens is 226 g/mol. The third-order valence-corrected chi connectivity index (χ3v) is 3.21. The normalized spacial score (nSPS) is 12.8. The summed E-state index contributed by atoms with van der Waals surface area (Å²) in [6.07, 6.45) is 9.67. The molecule has 5 heteroatoms. The van der Waals surface area contributed by atoms with Crippen molar-refractivity contribution in [1.82, 2.24) is 24.4 Å². The van der Waals surface area contributed by atoms with Gasteiger partial charge < -0.3 is 14.5 Å². The molecule has 1 N–H and O–H groups in total. The van der Waals surface area contributed by atoms with Gasteiger partial charge in [-0.25, -0.2) is 9.97 Å². The first-order valence-electron chi connectivity index (χ1n) is 6.39. The van der Waals surface area contributed by atoms with Crippen molar-refractivity contribution in [2.45, 2.75) is 32.4 Å². The van der Waals surface area contributed by atoms with E-state index in [0.717, 1.165) is 25.2 Å². The van der Waals surface area contributed by atoms with Crippen LogP contribution < -0.4 is 5.32 Å². The number of likely N-dealkylation sites (N-methyl/N-ethyl adjacent to an activating group) is 1. The predicted molar refractivity (Wildman–Crippen MR) is 71.2 cm³/mol. The van der Waals surface area contributed by atoms with Crippen LogP contribution in [0.2, 0.25) is 0 Å². The highest BCUT2D eigenvalue weighted by atomic mass is 15.1. The van der Waals surface area contributed by atoms with E-state index < -0.39 is 0 Å². The second-order valence-electron chi connectivity index (χ2n) is 4.51. The van der Waals surface area contributed by atoms with E-state index in [2.05, 4.69) is 33.0 Å². The molecule has 0 aromatic carbocycles. The Hall–Kier alpha value is -1.62. The van der Waals surface area contributed by atoms with E-state index in [1.807, 2.05) is 37.4 Å². The van der Waals surface area contributed by atoms with Crippen molar-refractivity contribution in [3.8, 4) is 0 Å². The summed E-state index contributed by atoms with van der Waals surface area (Å²) in [6, 6.07) is 0.246. The van der Waals surface area contributed by atoms with Crippen molar-refractivity contribution in [2.24, 2.45) is 7.05 Å². The van der Waals surface area contributed by atoms with Crippen LogP contribution in [0.4, 0.5) is 0 Å². The summed E-state index contributed by atoms with van der Waals surface area (Å²) in [7, 11) is 4.00. The Labute approximate surface area is 108 Å². The maximum absolute atomic E-state index is 4.46. The molecule has 0 fully saturated rings. The van der Waals surface area contributed by atoms with Gasteiger partial charge in [0, 0.05) is 38.6 Å². The van der Waals surface area contributed by atoms with Gasteiger partial charge >= 0.3 is 0 Å². The first-order chi connectivity index (χ1) is 8.76. The van der Waals surface area contributed by atoms with Crippen LogP contribution in [0.3, 0.4) is 0 Å². The lowest BCUT2D eigenvalue weighted by molar-refractivity contribution is 0.519. The van der Waals surface area contributed by atoms with Gasteiger partial charge in [-0.3, -0.25) is 0 Å². The van der Waals surface area contributed by atoms with E-state index in [1.165, 1.54) is 5.69 Å². The van der Waals surface area contributed by atoms with Crippen molar-refractivity contribution in [3.05, 3.63) is 36.4 Å². The Morgan fingerprint density at radius 2 is 2.28 bits per heavy atom. The first-order valence-corrected chi connectivity index (χ1v) is 6.39. The third-order valence-electron chi connectivity index (χ3n) is 3.21. The van der Waals surface area contributed by atoms with E-state index >= 15 is 0 Å². The topological polar surface area (TPSA) is 47.7 Å². The van der Waals surface area contributed by atoms with Gasteiger partial charge in [0.1, 0.15) is 5.82 Å². The molecule has 98 valence electrons. The molecule has 0 amide bonds. The van der Waals surface area contributed by atoms with Crippen LogP contribution in [0.15, 0.2) is 24.9 Å². The molecular formula is C13H21N5. The summed E-state index contributed by atoms with van der Waals surface area (Å²) < 4.78 is 4.27. The van der Waals surface area contributed by atoms with Crippen LogP contribution >= 0.6 is 0 Å². The highest BCUT2D eigenvalue weighted by Crippen LogP contribution is 2.16. The number of aryl methyl sites for hydroxylation is 2. The third kappa shape index (κ3) is 2.61. The number of nitrogens with one attached hydrogen (secondary N) is 1. The number of imidazole rings is 2. The fourth-order valence-electron chi connectivity index (χ4n) is 2.21. The molecule has 2 aromatic rings. The number of rotatable bonds is 6. The van der Waals surface area contributed by atoms with E-state index in [9.17, 15) is 0 Å². The molecule has 1 unspecified atom stereocenters. The SMILES string of the molecule is CCCn1ccnc1CC(NC)c1cncn1C. The van der Waals surface area contributed by atoms with Crippen LogP contribution in [0.25, 0.3) is 0 Å². The minimum Gasteiger partial charge on any atom is -0.336 e. The molecule has 0 saturated carbocycles. The molecule has 0 aliphatic carbocycles. The van der Waals surface area contributed by atoms with Gasteiger partial charge in [-0.1, -0.05) is 6.92 Å². The maximum atomic E-state index is 4.46. The highest BCUT2D eigenvalue weighted by molar-refractivity contribution is 5.08. The summed E-state index contributed by atoms with van der Waals surface area (Å²) in [4.78, 5) is 8.63. The molecule has 2 rings (SSSR count). The molecule has 5 nitrogen and oxygen atoms in total. The molecule has 0 bridgehead atoms. The van der Waals surface area contributed by atoms with Crippen molar-refractivity contribution < 1.29 is 0 Å². The first kappa shape index (κ1) is 12.8. The zero-order valence-corrected chi connectivity index (χ0v) is 11.3. The molecule has 0 radical (unpaired) electrons. The number of hydrogen-bond donors (Lipinski definition) is 1. The Morgan fingerprint density at radius 1 is 1.44 bits per heavy atom. The molecule has 0 aliphatic heterocycles. The number of nitrogens with zero attached hydrogens (tertiary/aromatic N) is 4. The zero-order chi connectivity index (χ0) is 13.0. The lowest BCUT2D eigenvalue weighted by atomic mass is 10.1. The molecule has 0 saturated heterocycles. The van der Waals surface area contributed by atoms with Crippen molar-refractivity contribution in [3.63, 3.8) is 0 Å². The van der Waals surface area contributed by atoms with Crippen LogP contribution in [0.5, 0.6) is 0 Å². The molecule has 0 spiro atoms. The predicted octanol–water partition coefficient (Wildman–Crippen LogP) is 1.53. The van der Waals surface area contributed by atoms with Crippen LogP contribution in [-0.2, 0) is 20.0 Å². The standard InChI is InChI=1S/C13H21N5/c1-4-6-18-7-5-16-13(18)8-11(14-2)12-9-15-10-17(12)3/h5,7,9-11,14H,4,6,8H2,1-3H3. The fraction of sp³-hybridized carbons (Fsp3) is 0.538. The van der Waals surface area contributed by atoms with Gasteiger partial charge in [0.2, 0.25) is 0 Å². The lowest BCUT2D eigenvalue weighted by Crippen LogP contribution is -2.22. The van der Waals surface area contributed by atoms with Crippen molar-refractivity contribution in [1.29, 1.82) is 0 Å². The summed E-state index contributed by atoms with van der Waals surface area (Å²) in [6.45, 7) is 3.21. The smallest absolute Gasteiger partial charge is 0.110 e. The number of hydrogen-bond acceptors (Lipinski definition) is 3. The lowest BCUT2D eigenvalue weighted by Gasteiger charge is -2.17. The molecule has 2 aromatic heterocycles. The Bertz CT molecular complexity index is 485. The van der Waals surface area contributed by atoms with Gasteiger partial charge in [0.05, 0.1) is 18.1 Å². The van der Waals surface area contributed by atoms with Crippen molar-refractivity contribution >= 4 is 0 Å². The van der Waals surface area contributed by atoms with E-state index in [4.69, 9.17) is 0 Å². The quantitative estimate of drug-likeness (QED) is 0.842. The Morgan fingerprint density at radius 3 is 2.89 bits per heavy atom. The summed E-state index contributed by atoms with van der Waals surface area (Å²) in [5, 5.41) is 3.34. The molecule has 1 atom stereocenters. The second kappa shape index (κ2) is 5.82. The van der Waals surface area contributed by atoms with E-state index in [1.54, 1.807) is 0 Å². The van der Waals surface area contributed by atoms with Crippen LogP contribution in [-0.4, -0.2) is 26.1 Å². The van der Waals surface area contributed by atoms with Gasteiger partial charge in [0.15, 0.2) is 0 Å². The highest BCUT2D eigenvalue weighted by Gasteiger charge is 2.16. The van der Waals surface area contributed by atoms with Crippen LogP contribution in [0.1, 0.15) is 30.9 Å². The summed E-state index contributed by atoms with van der Waals surface area (Å²) in [5.74, 6) is 1.12.